The minimum atomic E-state index is -0.909. The molecule has 1 atom stereocenters. The van der Waals surface area contributed by atoms with Gasteiger partial charge in [-0.05, 0) is 30.0 Å². The standard InChI is InChI=1S/C17H24N6O3S/c1-10(14(24)20-15(18)25)27-16-22-21-13(23(16)19)9-26-12-7-5-11(6-8-12)17(2,3)4/h5-8,10H,9,19H2,1-4H3,(H3,18,20,24,25)/t10-/m0/s1. The van der Waals surface area contributed by atoms with E-state index in [-0.39, 0.29) is 12.0 Å². The number of ether oxygens (including phenoxy) is 1. The number of amides is 3. The van der Waals surface area contributed by atoms with Gasteiger partial charge in [0.1, 0.15) is 12.4 Å². The number of imide groups is 1. The normalized spacial score (nSPS) is 12.4. The lowest BCUT2D eigenvalue weighted by molar-refractivity contribution is -0.119. The number of rotatable bonds is 6. The van der Waals surface area contributed by atoms with Gasteiger partial charge in [-0.3, -0.25) is 10.1 Å². The van der Waals surface area contributed by atoms with Crippen molar-refractivity contribution in [2.75, 3.05) is 5.84 Å². The van der Waals surface area contributed by atoms with Gasteiger partial charge in [-0.15, -0.1) is 10.2 Å². The smallest absolute Gasteiger partial charge is 0.318 e. The van der Waals surface area contributed by atoms with Crippen molar-refractivity contribution in [1.82, 2.24) is 20.2 Å². The van der Waals surface area contributed by atoms with Crippen molar-refractivity contribution < 1.29 is 14.3 Å². The van der Waals surface area contributed by atoms with Crippen LogP contribution in [0, 0.1) is 0 Å². The molecule has 2 aromatic rings. The number of urea groups is 1. The number of nitrogens with one attached hydrogen (secondary N) is 1. The zero-order valence-electron chi connectivity index (χ0n) is 15.7. The van der Waals surface area contributed by atoms with Gasteiger partial charge in [0.2, 0.25) is 11.1 Å². The molecule has 0 aliphatic heterocycles. The minimum Gasteiger partial charge on any atom is -0.486 e. The number of carbonyl (C=O) groups is 2. The van der Waals surface area contributed by atoms with Crippen LogP contribution in [0.1, 0.15) is 39.1 Å². The molecule has 1 aromatic carbocycles. The SMILES string of the molecule is C[C@H](Sc1nnc(COc2ccc(C(C)(C)C)cc2)n1N)C(=O)NC(N)=O. The van der Waals surface area contributed by atoms with Crippen molar-refractivity contribution in [1.29, 1.82) is 0 Å². The summed E-state index contributed by atoms with van der Waals surface area (Å²) in [7, 11) is 0. The maximum Gasteiger partial charge on any atom is 0.318 e. The van der Waals surface area contributed by atoms with E-state index in [1.807, 2.05) is 29.6 Å². The zero-order valence-corrected chi connectivity index (χ0v) is 16.5. The number of carbonyl (C=O) groups excluding carboxylic acids is 2. The molecule has 0 unspecified atom stereocenters. The summed E-state index contributed by atoms with van der Waals surface area (Å²) in [6.45, 7) is 8.16. The van der Waals surface area contributed by atoms with E-state index < -0.39 is 17.2 Å². The second-order valence-corrected chi connectivity index (χ2v) is 8.25. The van der Waals surface area contributed by atoms with Gasteiger partial charge >= 0.3 is 6.03 Å². The van der Waals surface area contributed by atoms with E-state index in [4.69, 9.17) is 16.3 Å². The van der Waals surface area contributed by atoms with Gasteiger partial charge in [0, 0.05) is 0 Å². The first kappa shape index (κ1) is 20.6. The summed E-state index contributed by atoms with van der Waals surface area (Å²) in [5.41, 5.74) is 6.21. The first-order valence-corrected chi connectivity index (χ1v) is 9.15. The van der Waals surface area contributed by atoms with Crippen LogP contribution < -0.4 is 21.6 Å². The van der Waals surface area contributed by atoms with E-state index in [0.29, 0.717) is 16.7 Å². The molecule has 0 spiro atoms. The fourth-order valence-corrected chi connectivity index (χ4v) is 2.91. The first-order valence-electron chi connectivity index (χ1n) is 8.27. The molecule has 10 heteroatoms. The molecular formula is C17H24N6O3S. The molecule has 0 aliphatic rings. The molecule has 5 N–H and O–H groups in total. The summed E-state index contributed by atoms with van der Waals surface area (Å²) in [5.74, 6) is 6.52. The lowest BCUT2D eigenvalue weighted by atomic mass is 9.87. The maximum atomic E-state index is 11.7. The molecule has 1 aromatic heterocycles. The van der Waals surface area contributed by atoms with Gasteiger partial charge < -0.3 is 16.3 Å². The Morgan fingerprint density at radius 3 is 2.44 bits per heavy atom. The third-order valence-electron chi connectivity index (χ3n) is 3.72. The first-order chi connectivity index (χ1) is 12.6. The monoisotopic (exact) mass is 392 g/mol. The Labute approximate surface area is 161 Å². The largest absolute Gasteiger partial charge is 0.486 e. The molecule has 27 heavy (non-hydrogen) atoms. The average molecular weight is 392 g/mol. The Balaban J connectivity index is 1.97. The average Bonchev–Trinajstić information content (AvgIpc) is 2.92. The van der Waals surface area contributed by atoms with Crippen molar-refractivity contribution in [3.63, 3.8) is 0 Å². The minimum absolute atomic E-state index is 0.0690. The van der Waals surface area contributed by atoms with Crippen LogP contribution in [0.4, 0.5) is 4.79 Å². The van der Waals surface area contributed by atoms with Crippen LogP contribution in [0.15, 0.2) is 29.4 Å². The topological polar surface area (TPSA) is 138 Å². The number of hydrogen-bond donors (Lipinski definition) is 3. The number of nitrogens with two attached hydrogens (primary N) is 2. The van der Waals surface area contributed by atoms with Gasteiger partial charge in [0.25, 0.3) is 0 Å². The van der Waals surface area contributed by atoms with E-state index in [1.165, 1.54) is 10.2 Å². The van der Waals surface area contributed by atoms with Gasteiger partial charge in [-0.25, -0.2) is 9.47 Å². The van der Waals surface area contributed by atoms with Crippen molar-refractivity contribution in [2.45, 2.75) is 50.1 Å². The molecule has 0 saturated heterocycles. The summed E-state index contributed by atoms with van der Waals surface area (Å²) in [4.78, 5) is 22.5. The highest BCUT2D eigenvalue weighted by Crippen LogP contribution is 2.25. The van der Waals surface area contributed by atoms with E-state index >= 15 is 0 Å². The second kappa shape index (κ2) is 8.30. The highest BCUT2D eigenvalue weighted by atomic mass is 32.2. The van der Waals surface area contributed by atoms with E-state index in [2.05, 4.69) is 31.0 Å². The number of primary amides is 1. The van der Waals surface area contributed by atoms with Crippen LogP contribution in [0.5, 0.6) is 5.75 Å². The van der Waals surface area contributed by atoms with Crippen LogP contribution in [0.2, 0.25) is 0 Å². The highest BCUT2D eigenvalue weighted by Gasteiger charge is 2.20. The fourth-order valence-electron chi connectivity index (χ4n) is 2.12. The summed E-state index contributed by atoms with van der Waals surface area (Å²) in [5, 5.41) is 9.64. The van der Waals surface area contributed by atoms with Crippen molar-refractivity contribution in [2.24, 2.45) is 5.73 Å². The molecule has 3 amide bonds. The summed E-state index contributed by atoms with van der Waals surface area (Å²) < 4.78 is 6.96. The Morgan fingerprint density at radius 2 is 1.89 bits per heavy atom. The molecule has 0 aliphatic carbocycles. The van der Waals surface area contributed by atoms with Crippen LogP contribution in [0.3, 0.4) is 0 Å². The van der Waals surface area contributed by atoms with Crippen molar-refractivity contribution in [3.8, 4) is 5.75 Å². The molecule has 146 valence electrons. The molecule has 1 heterocycles. The molecule has 0 fully saturated rings. The quantitative estimate of drug-likeness (QED) is 0.501. The van der Waals surface area contributed by atoms with E-state index in [1.54, 1.807) is 6.92 Å². The third-order valence-corrected chi connectivity index (χ3v) is 4.78. The number of hydrogen-bond acceptors (Lipinski definition) is 7. The lowest BCUT2D eigenvalue weighted by Crippen LogP contribution is -2.39. The molecule has 0 radical (unpaired) electrons. The Hall–Kier alpha value is -2.75. The van der Waals surface area contributed by atoms with Gasteiger partial charge in [0.05, 0.1) is 5.25 Å². The second-order valence-electron chi connectivity index (χ2n) is 6.95. The van der Waals surface area contributed by atoms with Gasteiger partial charge in [-0.2, -0.15) is 0 Å². The number of aromatic nitrogens is 3. The Kier molecular flexibility index (Phi) is 6.32. The fraction of sp³-hybridized carbons (Fsp3) is 0.412. The predicted octanol–water partition coefficient (Wildman–Crippen LogP) is 1.54. The van der Waals surface area contributed by atoms with Crippen molar-refractivity contribution >= 4 is 23.7 Å². The van der Waals surface area contributed by atoms with Gasteiger partial charge in [-0.1, -0.05) is 44.7 Å². The van der Waals surface area contributed by atoms with Crippen LogP contribution in [-0.4, -0.2) is 32.1 Å². The zero-order chi connectivity index (χ0) is 20.2. The predicted molar refractivity (Wildman–Crippen MR) is 103 cm³/mol. The summed E-state index contributed by atoms with van der Waals surface area (Å²) in [6, 6.07) is 6.91. The van der Waals surface area contributed by atoms with Crippen LogP contribution >= 0.6 is 11.8 Å². The lowest BCUT2D eigenvalue weighted by Gasteiger charge is -2.19. The molecule has 0 saturated carbocycles. The molecule has 2 rings (SSSR count). The number of nitrogen functional groups attached to an aromatic ring is 1. The van der Waals surface area contributed by atoms with Crippen LogP contribution in [-0.2, 0) is 16.8 Å². The van der Waals surface area contributed by atoms with E-state index in [9.17, 15) is 9.59 Å². The van der Waals surface area contributed by atoms with Crippen molar-refractivity contribution in [3.05, 3.63) is 35.7 Å². The highest BCUT2D eigenvalue weighted by molar-refractivity contribution is 8.00. The third kappa shape index (κ3) is 5.61. The Bertz CT molecular complexity index is 813. The number of benzene rings is 1. The Morgan fingerprint density at radius 1 is 1.26 bits per heavy atom. The number of nitrogens with zero attached hydrogens (tertiary/aromatic N) is 3. The summed E-state index contributed by atoms with van der Waals surface area (Å²) >= 11 is 1.06. The molecule has 0 bridgehead atoms. The van der Waals surface area contributed by atoms with E-state index in [0.717, 1.165) is 11.8 Å². The van der Waals surface area contributed by atoms with Gasteiger partial charge in [0.15, 0.2) is 5.82 Å². The molecule has 9 nitrogen and oxygen atoms in total. The maximum absolute atomic E-state index is 11.7. The number of thioether (sulfide) groups is 1. The molecular weight excluding hydrogens is 368 g/mol. The summed E-state index contributed by atoms with van der Waals surface area (Å²) in [6.07, 6.45) is 0. The van der Waals surface area contributed by atoms with Crippen LogP contribution in [0.25, 0.3) is 0 Å².